The third-order valence-corrected chi connectivity index (χ3v) is 4.75. The van der Waals surface area contributed by atoms with E-state index in [2.05, 4.69) is 20.6 Å². The Bertz CT molecular complexity index is 833. The van der Waals surface area contributed by atoms with Crippen molar-refractivity contribution in [3.05, 3.63) is 18.2 Å². The first kappa shape index (κ1) is 28.5. The number of aliphatic hydroxyl groups excluding tert-OH is 1. The minimum Gasteiger partial charge on any atom is -0.480 e. The van der Waals surface area contributed by atoms with Crippen molar-refractivity contribution in [1.82, 2.24) is 25.9 Å². The summed E-state index contributed by atoms with van der Waals surface area (Å²) >= 11 is 0. The molecule has 15 nitrogen and oxygen atoms in total. The maximum atomic E-state index is 12.9. The summed E-state index contributed by atoms with van der Waals surface area (Å²) in [5.74, 6) is -4.95. The van der Waals surface area contributed by atoms with Gasteiger partial charge >= 0.3 is 5.97 Å². The molecular weight excluding hydrogens is 452 g/mol. The monoisotopic (exact) mass is 484 g/mol. The molecule has 0 saturated heterocycles. The number of aliphatic hydroxyl groups is 1. The van der Waals surface area contributed by atoms with Gasteiger partial charge in [-0.2, -0.15) is 0 Å². The number of carbonyl (C=O) groups is 5. The maximum Gasteiger partial charge on any atom is 0.328 e. The van der Waals surface area contributed by atoms with E-state index in [0.717, 1.165) is 0 Å². The van der Waals surface area contributed by atoms with Gasteiger partial charge in [0.05, 0.1) is 25.4 Å². The van der Waals surface area contributed by atoms with Crippen LogP contribution in [0.3, 0.4) is 0 Å². The zero-order valence-corrected chi connectivity index (χ0v) is 18.5. The van der Waals surface area contributed by atoms with Gasteiger partial charge in [-0.1, -0.05) is 0 Å². The first-order chi connectivity index (χ1) is 16.1. The fourth-order valence-electron chi connectivity index (χ4n) is 2.91. The number of primary amides is 1. The van der Waals surface area contributed by atoms with E-state index in [9.17, 15) is 24.0 Å². The molecule has 1 aromatic rings. The van der Waals surface area contributed by atoms with Gasteiger partial charge in [0.1, 0.15) is 18.1 Å². The highest BCUT2D eigenvalue weighted by Crippen LogP contribution is 2.05. The molecule has 1 heterocycles. The number of carboxylic acid groups (broad SMARTS) is 1. The summed E-state index contributed by atoms with van der Waals surface area (Å²) in [7, 11) is 0. The van der Waals surface area contributed by atoms with Gasteiger partial charge in [0.2, 0.25) is 23.6 Å². The van der Waals surface area contributed by atoms with Crippen LogP contribution in [-0.2, 0) is 30.4 Å². The SMILES string of the molecule is NCCCCC(NC(=O)C(N)Cc1cnc[nH]1)C(=O)NC(CC(N)=O)C(=O)NC(CO)C(=O)O. The summed E-state index contributed by atoms with van der Waals surface area (Å²) in [5.41, 5.74) is 17.2. The Labute approximate surface area is 195 Å². The minimum absolute atomic E-state index is 0.132. The van der Waals surface area contributed by atoms with Gasteiger partial charge in [-0.05, 0) is 25.8 Å². The number of hydrogen-bond donors (Lipinski definition) is 9. The van der Waals surface area contributed by atoms with E-state index >= 15 is 0 Å². The lowest BCUT2D eigenvalue weighted by Crippen LogP contribution is -2.58. The summed E-state index contributed by atoms with van der Waals surface area (Å²) in [6, 6.07) is -5.31. The van der Waals surface area contributed by atoms with Crippen LogP contribution in [0.15, 0.2) is 12.5 Å². The molecule has 1 rings (SSSR count). The van der Waals surface area contributed by atoms with Crippen molar-refractivity contribution in [2.75, 3.05) is 13.2 Å². The summed E-state index contributed by atoms with van der Waals surface area (Å²) in [6.07, 6.45) is 3.60. The molecule has 0 aliphatic heterocycles. The number of imidazole rings is 1. The number of nitrogens with one attached hydrogen (secondary N) is 4. The van der Waals surface area contributed by atoms with Crippen LogP contribution in [0.4, 0.5) is 0 Å². The molecule has 12 N–H and O–H groups in total. The summed E-state index contributed by atoms with van der Waals surface area (Å²) < 4.78 is 0. The quantitative estimate of drug-likeness (QED) is 0.102. The second kappa shape index (κ2) is 14.6. The number of hydrogen-bond acceptors (Lipinski definition) is 9. The number of aromatic amines is 1. The van der Waals surface area contributed by atoms with Crippen molar-refractivity contribution in [1.29, 1.82) is 0 Å². The zero-order valence-electron chi connectivity index (χ0n) is 18.5. The van der Waals surface area contributed by atoms with Gasteiger partial charge in [-0.3, -0.25) is 19.2 Å². The van der Waals surface area contributed by atoms with Crippen molar-refractivity contribution in [3.8, 4) is 0 Å². The number of carboxylic acids is 1. The number of unbranched alkanes of at least 4 members (excludes halogenated alkanes) is 1. The van der Waals surface area contributed by atoms with Crippen LogP contribution >= 0.6 is 0 Å². The standard InChI is InChI=1S/C19H32N8O7/c20-4-2-1-3-12(25-16(30)11(21)5-10-7-23-9-24-10)17(31)26-13(6-15(22)29)18(32)27-14(8-28)19(33)34/h7,9,11-14,28H,1-6,8,20-21H2,(H2,22,29)(H,23,24)(H,25,30)(H,26,31)(H,27,32)(H,33,34). The lowest BCUT2D eigenvalue weighted by Gasteiger charge is -2.24. The van der Waals surface area contributed by atoms with Gasteiger partial charge in [0.25, 0.3) is 0 Å². The predicted molar refractivity (Wildman–Crippen MR) is 117 cm³/mol. The molecule has 1 aromatic heterocycles. The fourth-order valence-corrected chi connectivity index (χ4v) is 2.91. The Morgan fingerprint density at radius 3 is 2.15 bits per heavy atom. The number of rotatable bonds is 16. The van der Waals surface area contributed by atoms with Gasteiger partial charge in [0, 0.05) is 18.3 Å². The molecule has 34 heavy (non-hydrogen) atoms. The minimum atomic E-state index is -1.65. The Balaban J connectivity index is 2.92. The first-order valence-corrected chi connectivity index (χ1v) is 10.5. The molecule has 190 valence electrons. The number of aliphatic carboxylic acids is 1. The predicted octanol–water partition coefficient (Wildman–Crippen LogP) is -4.18. The molecule has 0 saturated carbocycles. The second-order valence-corrected chi connectivity index (χ2v) is 7.55. The van der Waals surface area contributed by atoms with Crippen LogP contribution in [0.25, 0.3) is 0 Å². The fraction of sp³-hybridized carbons (Fsp3) is 0.579. The highest BCUT2D eigenvalue weighted by atomic mass is 16.4. The number of nitrogens with two attached hydrogens (primary N) is 3. The molecule has 0 aromatic carbocycles. The van der Waals surface area contributed by atoms with Gasteiger partial charge < -0.3 is 48.3 Å². The Morgan fingerprint density at radius 1 is 1.00 bits per heavy atom. The molecule has 0 bridgehead atoms. The Kier molecular flexibility index (Phi) is 12.2. The van der Waals surface area contributed by atoms with E-state index in [1.807, 2.05) is 5.32 Å². The highest BCUT2D eigenvalue weighted by Gasteiger charge is 2.31. The van der Waals surface area contributed by atoms with E-state index in [-0.39, 0.29) is 12.8 Å². The van der Waals surface area contributed by atoms with Crippen LogP contribution < -0.4 is 33.2 Å². The Morgan fingerprint density at radius 2 is 1.62 bits per heavy atom. The Hall–Kier alpha value is -3.56. The van der Waals surface area contributed by atoms with Gasteiger partial charge in [-0.25, -0.2) is 9.78 Å². The number of amides is 4. The van der Waals surface area contributed by atoms with Gasteiger partial charge in [-0.15, -0.1) is 0 Å². The lowest BCUT2D eigenvalue weighted by atomic mass is 10.1. The maximum absolute atomic E-state index is 12.9. The third-order valence-electron chi connectivity index (χ3n) is 4.75. The molecule has 0 aliphatic rings. The number of nitrogens with zero attached hydrogens (tertiary/aromatic N) is 1. The molecule has 0 radical (unpaired) electrons. The van der Waals surface area contributed by atoms with E-state index in [1.165, 1.54) is 12.5 Å². The van der Waals surface area contributed by atoms with Crippen LogP contribution in [0.2, 0.25) is 0 Å². The number of aromatic nitrogens is 2. The molecular formula is C19H32N8O7. The van der Waals surface area contributed by atoms with Crippen molar-refractivity contribution < 1.29 is 34.2 Å². The molecule has 0 aliphatic carbocycles. The number of carbonyl (C=O) groups excluding carboxylic acids is 4. The molecule has 4 unspecified atom stereocenters. The van der Waals surface area contributed by atoms with Gasteiger partial charge in [0.15, 0.2) is 0 Å². The molecule has 0 spiro atoms. The number of H-pyrrole nitrogens is 1. The van der Waals surface area contributed by atoms with E-state index < -0.39 is 66.8 Å². The van der Waals surface area contributed by atoms with E-state index in [1.54, 1.807) is 0 Å². The average molecular weight is 485 g/mol. The summed E-state index contributed by atoms with van der Waals surface area (Å²) in [4.78, 5) is 67.0. The smallest absolute Gasteiger partial charge is 0.328 e. The average Bonchev–Trinajstić information content (AvgIpc) is 3.28. The van der Waals surface area contributed by atoms with Crippen molar-refractivity contribution in [2.24, 2.45) is 17.2 Å². The largest absolute Gasteiger partial charge is 0.480 e. The second-order valence-electron chi connectivity index (χ2n) is 7.55. The topological polar surface area (TPSA) is 269 Å². The summed E-state index contributed by atoms with van der Waals surface area (Å²) in [6.45, 7) is -0.559. The summed E-state index contributed by atoms with van der Waals surface area (Å²) in [5, 5.41) is 24.9. The van der Waals surface area contributed by atoms with E-state index in [0.29, 0.717) is 25.1 Å². The lowest BCUT2D eigenvalue weighted by molar-refractivity contribution is -0.143. The highest BCUT2D eigenvalue weighted by molar-refractivity contribution is 5.96. The van der Waals surface area contributed by atoms with Crippen LogP contribution in [0.1, 0.15) is 31.4 Å². The molecule has 0 fully saturated rings. The molecule has 4 atom stereocenters. The van der Waals surface area contributed by atoms with Crippen molar-refractivity contribution in [3.63, 3.8) is 0 Å². The van der Waals surface area contributed by atoms with Crippen LogP contribution in [-0.4, -0.2) is 87.1 Å². The first-order valence-electron chi connectivity index (χ1n) is 10.5. The molecule has 15 heteroatoms. The molecule has 4 amide bonds. The van der Waals surface area contributed by atoms with Crippen LogP contribution in [0, 0.1) is 0 Å². The zero-order chi connectivity index (χ0) is 25.7. The van der Waals surface area contributed by atoms with Crippen LogP contribution in [0.5, 0.6) is 0 Å². The normalized spacial score (nSPS) is 14.3. The van der Waals surface area contributed by atoms with E-state index in [4.69, 9.17) is 27.4 Å². The van der Waals surface area contributed by atoms with Crippen molar-refractivity contribution in [2.45, 2.75) is 56.3 Å². The third kappa shape index (κ3) is 9.93. The van der Waals surface area contributed by atoms with Crippen molar-refractivity contribution >= 4 is 29.6 Å².